The highest BCUT2D eigenvalue weighted by molar-refractivity contribution is 5.33. The van der Waals surface area contributed by atoms with Crippen molar-refractivity contribution in [3.8, 4) is 0 Å². The number of azide groups is 1. The maximum Gasteiger partial charge on any atom is 0.0558 e. The molecule has 0 aromatic carbocycles. The summed E-state index contributed by atoms with van der Waals surface area (Å²) in [6.07, 6.45) is 1.54. The Morgan fingerprint density at radius 1 is 1.60 bits per heavy atom. The van der Waals surface area contributed by atoms with Crippen LogP contribution in [0.25, 0.3) is 10.4 Å². The summed E-state index contributed by atoms with van der Waals surface area (Å²) in [6, 6.07) is 3.52. The Hall–Kier alpha value is -1.54. The molecule has 0 saturated carbocycles. The first-order valence-corrected chi connectivity index (χ1v) is 2.80. The molecule has 1 rings (SSSR count). The molecule has 1 heterocycles. The van der Waals surface area contributed by atoms with E-state index in [2.05, 4.69) is 15.0 Å². The van der Waals surface area contributed by atoms with E-state index in [-0.39, 0.29) is 0 Å². The number of pyridine rings is 1. The van der Waals surface area contributed by atoms with Crippen molar-refractivity contribution in [2.24, 2.45) is 5.11 Å². The minimum Gasteiger partial charge on any atom is -0.261 e. The number of hydrogen-bond donors (Lipinski definition) is 0. The summed E-state index contributed by atoms with van der Waals surface area (Å²) in [5.74, 6) is 0. The van der Waals surface area contributed by atoms with Crippen molar-refractivity contribution in [1.82, 2.24) is 4.98 Å². The van der Waals surface area contributed by atoms with Gasteiger partial charge in [-0.25, -0.2) is 0 Å². The van der Waals surface area contributed by atoms with Crippen LogP contribution in [-0.4, -0.2) is 4.98 Å². The monoisotopic (exact) mass is 134 g/mol. The van der Waals surface area contributed by atoms with E-state index < -0.39 is 0 Å². The largest absolute Gasteiger partial charge is 0.261 e. The number of nitrogens with zero attached hydrogens (tertiary/aromatic N) is 4. The van der Waals surface area contributed by atoms with E-state index >= 15 is 0 Å². The molecule has 0 amide bonds. The van der Waals surface area contributed by atoms with Crippen LogP contribution in [0, 0.1) is 6.92 Å². The van der Waals surface area contributed by atoms with E-state index in [1.807, 2.05) is 6.92 Å². The van der Waals surface area contributed by atoms with E-state index in [0.29, 0.717) is 5.69 Å². The standard InChI is InChI=1S/C6H6N4/c1-5-2-3-6(4-8-5)9-10-7/h2-4H,1H3. The second-order valence-corrected chi connectivity index (χ2v) is 1.85. The highest BCUT2D eigenvalue weighted by Gasteiger charge is 1.85. The van der Waals surface area contributed by atoms with Crippen molar-refractivity contribution in [3.63, 3.8) is 0 Å². The lowest BCUT2D eigenvalue weighted by atomic mass is 10.4. The van der Waals surface area contributed by atoms with Crippen LogP contribution >= 0.6 is 0 Å². The van der Waals surface area contributed by atoms with Crippen molar-refractivity contribution < 1.29 is 0 Å². The van der Waals surface area contributed by atoms with Gasteiger partial charge in [-0.2, -0.15) is 0 Å². The zero-order chi connectivity index (χ0) is 7.40. The normalized spacial score (nSPS) is 8.50. The van der Waals surface area contributed by atoms with Gasteiger partial charge < -0.3 is 0 Å². The molecule has 0 aliphatic heterocycles. The fraction of sp³-hybridized carbons (Fsp3) is 0.167. The van der Waals surface area contributed by atoms with Crippen LogP contribution in [0.2, 0.25) is 0 Å². The molecule has 0 fully saturated rings. The quantitative estimate of drug-likeness (QED) is 0.330. The minimum atomic E-state index is 0.549. The summed E-state index contributed by atoms with van der Waals surface area (Å²) in [5.41, 5.74) is 9.48. The smallest absolute Gasteiger partial charge is 0.0558 e. The Morgan fingerprint density at radius 2 is 2.40 bits per heavy atom. The Kier molecular flexibility index (Phi) is 1.87. The van der Waals surface area contributed by atoms with Crippen LogP contribution in [0.3, 0.4) is 0 Å². The summed E-state index contributed by atoms with van der Waals surface area (Å²) in [6.45, 7) is 1.87. The van der Waals surface area contributed by atoms with Crippen LogP contribution in [-0.2, 0) is 0 Å². The molecule has 0 aliphatic rings. The van der Waals surface area contributed by atoms with Gasteiger partial charge in [0.05, 0.1) is 5.69 Å². The number of aryl methyl sites for hydroxylation is 1. The van der Waals surface area contributed by atoms with Gasteiger partial charge >= 0.3 is 0 Å². The van der Waals surface area contributed by atoms with Gasteiger partial charge in [-0.1, -0.05) is 5.11 Å². The number of hydrogen-bond acceptors (Lipinski definition) is 2. The molecule has 0 saturated heterocycles. The molecule has 50 valence electrons. The van der Waals surface area contributed by atoms with Gasteiger partial charge in [-0.05, 0) is 24.6 Å². The lowest BCUT2D eigenvalue weighted by Crippen LogP contribution is -1.75. The van der Waals surface area contributed by atoms with Crippen molar-refractivity contribution in [1.29, 1.82) is 0 Å². The van der Waals surface area contributed by atoms with Crippen LogP contribution in [0.5, 0.6) is 0 Å². The van der Waals surface area contributed by atoms with E-state index in [1.54, 1.807) is 12.1 Å². The molecule has 0 N–H and O–H groups in total. The molecule has 1 aromatic heterocycles. The first-order chi connectivity index (χ1) is 4.83. The minimum absolute atomic E-state index is 0.549. The second kappa shape index (κ2) is 2.85. The number of aromatic nitrogens is 1. The van der Waals surface area contributed by atoms with Crippen molar-refractivity contribution >= 4 is 5.69 Å². The zero-order valence-corrected chi connectivity index (χ0v) is 5.52. The lowest BCUT2D eigenvalue weighted by Gasteiger charge is -1.89. The Balaban J connectivity index is 3.00. The van der Waals surface area contributed by atoms with Gasteiger partial charge in [0, 0.05) is 16.8 Å². The van der Waals surface area contributed by atoms with Gasteiger partial charge in [-0.3, -0.25) is 4.98 Å². The highest BCUT2D eigenvalue weighted by atomic mass is 15.1. The third-order valence-corrected chi connectivity index (χ3v) is 1.06. The van der Waals surface area contributed by atoms with Crippen molar-refractivity contribution in [3.05, 3.63) is 34.5 Å². The molecule has 1 aromatic rings. The SMILES string of the molecule is Cc1ccc(N=[N+]=[N-])cn1. The highest BCUT2D eigenvalue weighted by Crippen LogP contribution is 2.08. The van der Waals surface area contributed by atoms with Gasteiger partial charge in [0.2, 0.25) is 0 Å². The summed E-state index contributed by atoms with van der Waals surface area (Å²) < 4.78 is 0. The van der Waals surface area contributed by atoms with Crippen LogP contribution in [0.4, 0.5) is 5.69 Å². The van der Waals surface area contributed by atoms with Crippen LogP contribution in [0.15, 0.2) is 23.4 Å². The summed E-state index contributed by atoms with van der Waals surface area (Å²) in [4.78, 5) is 6.55. The molecule has 0 spiro atoms. The zero-order valence-electron chi connectivity index (χ0n) is 5.52. The summed E-state index contributed by atoms with van der Waals surface area (Å²) in [5, 5.41) is 3.37. The lowest BCUT2D eigenvalue weighted by molar-refractivity contribution is 1.19. The molecule has 0 atom stereocenters. The maximum absolute atomic E-state index is 8.02. The van der Waals surface area contributed by atoms with Crippen LogP contribution < -0.4 is 0 Å². The van der Waals surface area contributed by atoms with Gasteiger partial charge in [0.1, 0.15) is 0 Å². The van der Waals surface area contributed by atoms with E-state index in [9.17, 15) is 0 Å². The molecule has 0 unspecified atom stereocenters. The third-order valence-electron chi connectivity index (χ3n) is 1.06. The predicted octanol–water partition coefficient (Wildman–Crippen LogP) is 2.33. The molecule has 4 heteroatoms. The Bertz CT molecular complexity index is 258. The van der Waals surface area contributed by atoms with Gasteiger partial charge in [0.25, 0.3) is 0 Å². The second-order valence-electron chi connectivity index (χ2n) is 1.85. The molecular weight excluding hydrogens is 128 g/mol. The average Bonchev–Trinajstić information content (AvgIpc) is 1.95. The molecule has 0 radical (unpaired) electrons. The van der Waals surface area contributed by atoms with Crippen LogP contribution in [0.1, 0.15) is 5.69 Å². The third kappa shape index (κ3) is 1.47. The molecular formula is C6H6N4. The molecule has 10 heavy (non-hydrogen) atoms. The molecule has 4 nitrogen and oxygen atoms in total. The first-order valence-electron chi connectivity index (χ1n) is 2.80. The first kappa shape index (κ1) is 6.58. The van der Waals surface area contributed by atoms with E-state index in [0.717, 1.165) is 5.69 Å². The Labute approximate surface area is 58.1 Å². The molecule has 0 bridgehead atoms. The van der Waals surface area contributed by atoms with Gasteiger partial charge in [0.15, 0.2) is 0 Å². The topological polar surface area (TPSA) is 61.7 Å². The fourth-order valence-corrected chi connectivity index (χ4v) is 0.571. The Morgan fingerprint density at radius 3 is 2.90 bits per heavy atom. The van der Waals surface area contributed by atoms with Crippen molar-refractivity contribution in [2.75, 3.05) is 0 Å². The summed E-state index contributed by atoms with van der Waals surface area (Å²) >= 11 is 0. The average molecular weight is 134 g/mol. The maximum atomic E-state index is 8.02. The molecule has 0 aliphatic carbocycles. The predicted molar refractivity (Wildman–Crippen MR) is 37.8 cm³/mol. The van der Waals surface area contributed by atoms with Gasteiger partial charge in [-0.15, -0.1) is 0 Å². The van der Waals surface area contributed by atoms with E-state index in [4.69, 9.17) is 5.53 Å². The fourth-order valence-electron chi connectivity index (χ4n) is 0.571. The summed E-state index contributed by atoms with van der Waals surface area (Å²) in [7, 11) is 0. The van der Waals surface area contributed by atoms with Crippen molar-refractivity contribution in [2.45, 2.75) is 6.92 Å². The number of rotatable bonds is 1. The van der Waals surface area contributed by atoms with E-state index in [1.165, 1.54) is 6.20 Å².